The van der Waals surface area contributed by atoms with Gasteiger partial charge < -0.3 is 15.0 Å². The molecule has 2 aromatic carbocycles. The first-order valence-electron chi connectivity index (χ1n) is 8.74. The van der Waals surface area contributed by atoms with Crippen molar-refractivity contribution < 1.29 is 14.3 Å². The Morgan fingerprint density at radius 1 is 1.08 bits per heavy atom. The highest BCUT2D eigenvalue weighted by Gasteiger charge is 2.10. The average molecular weight is 354 g/mol. The number of rotatable bonds is 8. The normalized spacial score (nSPS) is 10.3. The van der Waals surface area contributed by atoms with E-state index in [-0.39, 0.29) is 11.8 Å². The number of benzene rings is 2. The molecule has 0 aromatic heterocycles. The zero-order valence-electron chi connectivity index (χ0n) is 15.6. The van der Waals surface area contributed by atoms with Crippen molar-refractivity contribution in [3.05, 3.63) is 65.2 Å². The summed E-state index contributed by atoms with van der Waals surface area (Å²) in [7, 11) is 3.39. The molecule has 0 bridgehead atoms. The molecule has 0 aliphatic heterocycles. The van der Waals surface area contributed by atoms with Crippen LogP contribution in [0.15, 0.2) is 48.5 Å². The van der Waals surface area contributed by atoms with Gasteiger partial charge in [-0.2, -0.15) is 0 Å². The maximum Gasteiger partial charge on any atom is 0.251 e. The highest BCUT2D eigenvalue weighted by molar-refractivity contribution is 5.93. The largest absolute Gasteiger partial charge is 0.493 e. The lowest BCUT2D eigenvalue weighted by Crippen LogP contribution is -2.26. The van der Waals surface area contributed by atoms with Crippen LogP contribution in [0.2, 0.25) is 0 Å². The van der Waals surface area contributed by atoms with Gasteiger partial charge in [-0.3, -0.25) is 9.59 Å². The van der Waals surface area contributed by atoms with Crippen LogP contribution >= 0.6 is 0 Å². The van der Waals surface area contributed by atoms with E-state index in [4.69, 9.17) is 4.74 Å². The third-order valence-electron chi connectivity index (χ3n) is 4.17. The summed E-state index contributed by atoms with van der Waals surface area (Å²) in [5, 5.41) is 2.59. The molecule has 0 heterocycles. The number of hydrogen-bond donors (Lipinski definition) is 1. The van der Waals surface area contributed by atoms with E-state index in [1.807, 2.05) is 43.3 Å². The number of para-hydroxylation sites is 1. The molecule has 138 valence electrons. The molecule has 26 heavy (non-hydrogen) atoms. The van der Waals surface area contributed by atoms with Crippen LogP contribution in [0.3, 0.4) is 0 Å². The van der Waals surface area contributed by atoms with E-state index in [1.165, 1.54) is 0 Å². The van der Waals surface area contributed by atoms with Gasteiger partial charge >= 0.3 is 0 Å². The molecule has 2 aromatic rings. The van der Waals surface area contributed by atoms with Crippen LogP contribution in [-0.2, 0) is 11.3 Å². The quantitative estimate of drug-likeness (QED) is 0.741. The van der Waals surface area contributed by atoms with Gasteiger partial charge in [0.25, 0.3) is 5.91 Å². The molecule has 0 spiro atoms. The molecule has 0 aliphatic carbocycles. The Balaban J connectivity index is 1.75. The van der Waals surface area contributed by atoms with E-state index < -0.39 is 0 Å². The lowest BCUT2D eigenvalue weighted by molar-refractivity contribution is -0.130. The monoisotopic (exact) mass is 354 g/mol. The maximum absolute atomic E-state index is 12.3. The molecule has 0 saturated carbocycles. The molecule has 0 saturated heterocycles. The van der Waals surface area contributed by atoms with Crippen LogP contribution in [0.4, 0.5) is 0 Å². The van der Waals surface area contributed by atoms with Crippen LogP contribution in [0, 0.1) is 6.92 Å². The number of nitrogens with one attached hydrogen (secondary N) is 1. The number of aryl methyl sites for hydroxylation is 1. The number of carbonyl (C=O) groups is 2. The second kappa shape index (κ2) is 9.61. The summed E-state index contributed by atoms with van der Waals surface area (Å²) in [6.07, 6.45) is 1.12. The molecular formula is C21H26N2O3. The fourth-order valence-corrected chi connectivity index (χ4v) is 2.58. The predicted molar refractivity (Wildman–Crippen MR) is 102 cm³/mol. The molecule has 1 N–H and O–H groups in total. The second-order valence-electron chi connectivity index (χ2n) is 6.24. The Hall–Kier alpha value is -2.82. The smallest absolute Gasteiger partial charge is 0.251 e. The van der Waals surface area contributed by atoms with Crippen molar-refractivity contribution >= 4 is 11.8 Å². The van der Waals surface area contributed by atoms with Gasteiger partial charge in [0, 0.05) is 32.6 Å². The molecule has 0 fully saturated rings. The summed E-state index contributed by atoms with van der Waals surface area (Å²) < 4.78 is 5.72. The molecule has 5 nitrogen and oxygen atoms in total. The minimum absolute atomic E-state index is 0.0776. The average Bonchev–Trinajstić information content (AvgIpc) is 2.66. The minimum atomic E-state index is -0.116. The zero-order valence-corrected chi connectivity index (χ0v) is 15.6. The Morgan fingerprint density at radius 2 is 1.77 bits per heavy atom. The molecule has 2 amide bonds. The van der Waals surface area contributed by atoms with Crippen LogP contribution < -0.4 is 10.1 Å². The number of ether oxygens (including phenoxy) is 1. The van der Waals surface area contributed by atoms with Crippen molar-refractivity contribution in [3.63, 3.8) is 0 Å². The van der Waals surface area contributed by atoms with E-state index >= 15 is 0 Å². The molecule has 0 radical (unpaired) electrons. The van der Waals surface area contributed by atoms with Crippen LogP contribution in [0.25, 0.3) is 0 Å². The molecule has 0 aliphatic rings. The summed E-state index contributed by atoms with van der Waals surface area (Å²) in [5.41, 5.74) is 2.69. The van der Waals surface area contributed by atoms with Crippen LogP contribution in [0.1, 0.15) is 34.3 Å². The number of amides is 2. The van der Waals surface area contributed by atoms with E-state index in [0.717, 1.165) is 16.9 Å². The first-order chi connectivity index (χ1) is 12.5. The molecule has 0 unspecified atom stereocenters. The summed E-state index contributed by atoms with van der Waals surface area (Å²) in [6, 6.07) is 15.1. The summed E-state index contributed by atoms with van der Waals surface area (Å²) in [6.45, 7) is 3.04. The molecule has 2 rings (SSSR count). The van der Waals surface area contributed by atoms with Crippen molar-refractivity contribution in [2.45, 2.75) is 26.3 Å². The number of hydrogen-bond acceptors (Lipinski definition) is 3. The van der Waals surface area contributed by atoms with Gasteiger partial charge in [0.15, 0.2) is 0 Å². The lowest BCUT2D eigenvalue weighted by atomic mass is 10.1. The van der Waals surface area contributed by atoms with E-state index in [0.29, 0.717) is 31.6 Å². The molecule has 0 atom stereocenters. The van der Waals surface area contributed by atoms with Crippen LogP contribution in [0.5, 0.6) is 5.75 Å². The maximum atomic E-state index is 12.3. The van der Waals surface area contributed by atoms with Crippen molar-refractivity contribution in [3.8, 4) is 5.75 Å². The summed E-state index contributed by atoms with van der Waals surface area (Å²) >= 11 is 0. The topological polar surface area (TPSA) is 58.6 Å². The van der Waals surface area contributed by atoms with E-state index in [1.54, 1.807) is 31.1 Å². The van der Waals surface area contributed by atoms with E-state index in [9.17, 15) is 9.59 Å². The number of nitrogens with zero attached hydrogens (tertiary/aromatic N) is 1. The van der Waals surface area contributed by atoms with Crippen molar-refractivity contribution in [2.75, 3.05) is 20.7 Å². The van der Waals surface area contributed by atoms with Gasteiger partial charge in [-0.25, -0.2) is 0 Å². The second-order valence-corrected chi connectivity index (χ2v) is 6.24. The zero-order chi connectivity index (χ0) is 18.9. The fourth-order valence-electron chi connectivity index (χ4n) is 2.58. The lowest BCUT2D eigenvalue weighted by Gasteiger charge is -2.17. The highest BCUT2D eigenvalue weighted by atomic mass is 16.5. The predicted octanol–water partition coefficient (Wildman–Crippen LogP) is 3.17. The Bertz CT molecular complexity index is 741. The first-order valence-corrected chi connectivity index (χ1v) is 8.74. The van der Waals surface area contributed by atoms with E-state index in [2.05, 4.69) is 5.32 Å². The Kier molecular flexibility index (Phi) is 7.21. The summed E-state index contributed by atoms with van der Waals surface area (Å²) in [4.78, 5) is 25.5. The summed E-state index contributed by atoms with van der Waals surface area (Å²) in [5.74, 6) is 0.827. The van der Waals surface area contributed by atoms with Gasteiger partial charge in [0.05, 0.1) is 6.61 Å². The fraction of sp³-hybridized carbons (Fsp3) is 0.333. The van der Waals surface area contributed by atoms with Gasteiger partial charge in [0.2, 0.25) is 5.91 Å². The third kappa shape index (κ3) is 5.62. The highest BCUT2D eigenvalue weighted by Crippen LogP contribution is 2.16. The standard InChI is InChI=1S/C21H26N2O3/c1-16-7-4-5-8-19(16)26-14-6-9-20(24)23(3)15-17-10-12-18(13-11-17)21(25)22-2/h4-5,7-8,10-13H,6,9,14-15H2,1-3H3,(H,22,25). The number of carbonyl (C=O) groups excluding carboxylic acids is 2. The first kappa shape index (κ1) is 19.5. The SMILES string of the molecule is CNC(=O)c1ccc(CN(C)C(=O)CCCOc2ccccc2C)cc1. The Morgan fingerprint density at radius 3 is 2.42 bits per heavy atom. The van der Waals surface area contributed by atoms with Crippen molar-refractivity contribution in [1.82, 2.24) is 10.2 Å². The Labute approximate surface area is 155 Å². The van der Waals surface area contributed by atoms with Gasteiger partial charge in [-0.1, -0.05) is 30.3 Å². The van der Waals surface area contributed by atoms with Gasteiger partial charge in [0.1, 0.15) is 5.75 Å². The van der Waals surface area contributed by atoms with Crippen LogP contribution in [-0.4, -0.2) is 37.4 Å². The third-order valence-corrected chi connectivity index (χ3v) is 4.17. The van der Waals surface area contributed by atoms with Gasteiger partial charge in [-0.05, 0) is 42.7 Å². The van der Waals surface area contributed by atoms with Crippen molar-refractivity contribution in [1.29, 1.82) is 0 Å². The molecule has 5 heteroatoms. The van der Waals surface area contributed by atoms with Gasteiger partial charge in [-0.15, -0.1) is 0 Å². The molecular weight excluding hydrogens is 328 g/mol. The minimum Gasteiger partial charge on any atom is -0.493 e. The van der Waals surface area contributed by atoms with Crippen molar-refractivity contribution in [2.24, 2.45) is 0 Å².